The maximum absolute atomic E-state index is 14.5. The first-order chi connectivity index (χ1) is 15.4. The number of hydrogen-bond donors (Lipinski definition) is 1. The van der Waals surface area contributed by atoms with E-state index >= 15 is 0 Å². The molecule has 0 saturated carbocycles. The molecule has 1 aromatic heterocycles. The molecule has 0 spiro atoms. The molecule has 164 valence electrons. The minimum Gasteiger partial charge on any atom is -0.480 e. The van der Waals surface area contributed by atoms with Gasteiger partial charge in [0.25, 0.3) is 5.91 Å². The molecule has 0 fully saturated rings. The number of benzene rings is 2. The third-order valence-electron chi connectivity index (χ3n) is 6.03. The van der Waals surface area contributed by atoms with Crippen LogP contribution in [-0.4, -0.2) is 33.5 Å². The van der Waals surface area contributed by atoms with Crippen molar-refractivity contribution in [2.75, 3.05) is 17.2 Å². The average Bonchev–Trinajstić information content (AvgIpc) is 3.42. The molecule has 0 bridgehead atoms. The van der Waals surface area contributed by atoms with Gasteiger partial charge in [-0.15, -0.1) is 0 Å². The second-order valence-corrected chi connectivity index (χ2v) is 10.3. The highest BCUT2D eigenvalue weighted by molar-refractivity contribution is 7.92. The number of nitrogens with one attached hydrogen (secondary N) is 1. The fourth-order valence-corrected chi connectivity index (χ4v) is 5.27. The molecule has 3 heterocycles. The summed E-state index contributed by atoms with van der Waals surface area (Å²) in [7, 11) is -3.24. The summed E-state index contributed by atoms with van der Waals surface area (Å²) < 4.78 is 40.9. The Hall–Kier alpha value is -3.26. The molecular formula is C24H22FN3O3S. The molecule has 0 aliphatic carbocycles. The van der Waals surface area contributed by atoms with E-state index < -0.39 is 21.7 Å². The summed E-state index contributed by atoms with van der Waals surface area (Å²) in [5, 5.41) is 0. The van der Waals surface area contributed by atoms with Gasteiger partial charge in [-0.3, -0.25) is 9.78 Å². The number of pyridine rings is 1. The van der Waals surface area contributed by atoms with E-state index in [-0.39, 0.29) is 16.6 Å². The van der Waals surface area contributed by atoms with Gasteiger partial charge in [0.1, 0.15) is 11.6 Å². The van der Waals surface area contributed by atoms with Crippen molar-refractivity contribution >= 4 is 21.3 Å². The van der Waals surface area contributed by atoms with Gasteiger partial charge in [-0.25, -0.2) is 13.4 Å². The first-order valence-corrected chi connectivity index (χ1v) is 12.2. The number of hydrogen-bond acceptors (Lipinski definition) is 5. The Morgan fingerprint density at radius 2 is 2.09 bits per heavy atom. The van der Waals surface area contributed by atoms with Crippen molar-refractivity contribution in [1.82, 2.24) is 4.98 Å². The summed E-state index contributed by atoms with van der Waals surface area (Å²) in [6.07, 6.45) is 1.99. The van der Waals surface area contributed by atoms with Gasteiger partial charge >= 0.3 is 0 Å². The van der Waals surface area contributed by atoms with Crippen LogP contribution in [0.3, 0.4) is 0 Å². The number of amides is 1. The number of aromatic nitrogens is 1. The van der Waals surface area contributed by atoms with Gasteiger partial charge in [-0.2, -0.15) is 0 Å². The van der Waals surface area contributed by atoms with Gasteiger partial charge in [0, 0.05) is 36.2 Å². The lowest BCUT2D eigenvalue weighted by molar-refractivity contribution is -0.124. The minimum absolute atomic E-state index is 0.0102. The number of rotatable bonds is 4. The summed E-state index contributed by atoms with van der Waals surface area (Å²) in [5.74, 6) is -0.185. The second kappa shape index (κ2) is 7.70. The average molecular weight is 452 g/mol. The number of halogens is 1. The molecule has 2 aromatic carbocycles. The van der Waals surface area contributed by atoms with E-state index in [1.807, 2.05) is 36.4 Å². The SMILES string of the molecule is CC[S@](=N)(=O)c1cc2c(cc1F)CCN2C(=O)[C@H]1Cc2cc(-c3ccccn3)ccc2O1. The largest absolute Gasteiger partial charge is 0.480 e. The summed E-state index contributed by atoms with van der Waals surface area (Å²) in [6.45, 7) is 1.99. The van der Waals surface area contributed by atoms with Gasteiger partial charge in [-0.1, -0.05) is 13.0 Å². The maximum Gasteiger partial charge on any atom is 0.268 e. The number of nitrogens with zero attached hydrogens (tertiary/aromatic N) is 2. The van der Waals surface area contributed by atoms with E-state index in [0.717, 1.165) is 16.8 Å². The van der Waals surface area contributed by atoms with Crippen LogP contribution in [0.4, 0.5) is 10.1 Å². The highest BCUT2D eigenvalue weighted by Gasteiger charge is 2.36. The van der Waals surface area contributed by atoms with E-state index in [4.69, 9.17) is 9.52 Å². The topological polar surface area (TPSA) is 83.4 Å². The lowest BCUT2D eigenvalue weighted by Crippen LogP contribution is -2.40. The van der Waals surface area contributed by atoms with Crippen LogP contribution in [0, 0.1) is 10.6 Å². The Balaban J connectivity index is 1.41. The molecule has 0 saturated heterocycles. The summed E-state index contributed by atoms with van der Waals surface area (Å²) >= 11 is 0. The molecule has 1 N–H and O–H groups in total. The molecule has 0 unspecified atom stereocenters. The van der Waals surface area contributed by atoms with Gasteiger partial charge in [-0.05, 0) is 60.0 Å². The third-order valence-corrected chi connectivity index (χ3v) is 7.86. The van der Waals surface area contributed by atoms with E-state index in [1.54, 1.807) is 18.0 Å². The van der Waals surface area contributed by atoms with Gasteiger partial charge in [0.2, 0.25) is 0 Å². The lowest BCUT2D eigenvalue weighted by Gasteiger charge is -2.22. The molecule has 2 aliphatic rings. The van der Waals surface area contributed by atoms with Crippen LogP contribution in [0.2, 0.25) is 0 Å². The Morgan fingerprint density at radius 3 is 2.84 bits per heavy atom. The predicted molar refractivity (Wildman–Crippen MR) is 120 cm³/mol. The zero-order valence-electron chi connectivity index (χ0n) is 17.5. The van der Waals surface area contributed by atoms with Crippen molar-refractivity contribution in [3.8, 4) is 17.0 Å². The van der Waals surface area contributed by atoms with Crippen molar-refractivity contribution in [3.05, 3.63) is 71.7 Å². The van der Waals surface area contributed by atoms with Gasteiger partial charge in [0.05, 0.1) is 20.3 Å². The molecule has 32 heavy (non-hydrogen) atoms. The van der Waals surface area contributed by atoms with Crippen LogP contribution in [-0.2, 0) is 27.4 Å². The number of carbonyl (C=O) groups excluding carboxylic acids is 1. The van der Waals surface area contributed by atoms with Crippen molar-refractivity contribution < 1.29 is 18.1 Å². The van der Waals surface area contributed by atoms with E-state index in [9.17, 15) is 13.4 Å². The molecule has 8 heteroatoms. The Morgan fingerprint density at radius 1 is 1.25 bits per heavy atom. The number of ether oxygens (including phenoxy) is 1. The zero-order chi connectivity index (χ0) is 22.5. The maximum atomic E-state index is 14.5. The van der Waals surface area contributed by atoms with E-state index in [1.165, 1.54) is 12.1 Å². The summed E-state index contributed by atoms with van der Waals surface area (Å²) in [5.41, 5.74) is 3.94. The number of fused-ring (bicyclic) bond motifs is 2. The molecule has 5 rings (SSSR count). The molecule has 6 nitrogen and oxygen atoms in total. The first kappa shape index (κ1) is 20.6. The Kier molecular flexibility index (Phi) is 4.97. The van der Waals surface area contributed by atoms with Crippen LogP contribution in [0.15, 0.2) is 59.6 Å². The number of anilines is 1. The smallest absolute Gasteiger partial charge is 0.268 e. The second-order valence-electron chi connectivity index (χ2n) is 7.96. The van der Waals surface area contributed by atoms with Crippen LogP contribution in [0.1, 0.15) is 18.1 Å². The molecular weight excluding hydrogens is 429 g/mol. The highest BCUT2D eigenvalue weighted by atomic mass is 32.2. The predicted octanol–water partition coefficient (Wildman–Crippen LogP) is 4.21. The fraction of sp³-hybridized carbons (Fsp3) is 0.250. The monoisotopic (exact) mass is 451 g/mol. The highest BCUT2D eigenvalue weighted by Crippen LogP contribution is 2.37. The molecule has 0 radical (unpaired) electrons. The van der Waals surface area contributed by atoms with Gasteiger partial charge in [0.15, 0.2) is 6.10 Å². The van der Waals surface area contributed by atoms with E-state index in [0.29, 0.717) is 36.4 Å². The molecule has 3 aromatic rings. The quantitative estimate of drug-likeness (QED) is 0.644. The zero-order valence-corrected chi connectivity index (χ0v) is 18.3. The number of carbonyl (C=O) groups is 1. The fourth-order valence-electron chi connectivity index (χ4n) is 4.28. The van der Waals surface area contributed by atoms with E-state index in [2.05, 4.69) is 4.98 Å². The van der Waals surface area contributed by atoms with Crippen molar-refractivity contribution in [2.45, 2.75) is 30.8 Å². The van der Waals surface area contributed by atoms with Crippen LogP contribution in [0.5, 0.6) is 5.75 Å². The normalized spacial score (nSPS) is 18.6. The summed E-state index contributed by atoms with van der Waals surface area (Å²) in [6, 6.07) is 14.2. The van der Waals surface area contributed by atoms with Crippen LogP contribution < -0.4 is 9.64 Å². The Labute approximate surface area is 186 Å². The molecule has 2 atom stereocenters. The lowest BCUT2D eigenvalue weighted by atomic mass is 10.0. The summed E-state index contributed by atoms with van der Waals surface area (Å²) in [4.78, 5) is 19.1. The van der Waals surface area contributed by atoms with Crippen molar-refractivity contribution in [2.24, 2.45) is 0 Å². The first-order valence-electron chi connectivity index (χ1n) is 10.5. The third kappa shape index (κ3) is 3.44. The van der Waals surface area contributed by atoms with Crippen molar-refractivity contribution in [3.63, 3.8) is 0 Å². The van der Waals surface area contributed by atoms with Gasteiger partial charge < -0.3 is 9.64 Å². The standard InChI is InChI=1S/C24H22FN3O3S/c1-2-32(26,30)23-14-20-16(12-18(23)25)8-10-28(20)24(29)22-13-17-11-15(6-7-21(17)31-22)19-5-3-4-9-27-19/h3-7,9,11-12,14,22,26H,2,8,10,13H2,1H3/t22-,32+/m1/s1. The van der Waals surface area contributed by atoms with Crippen LogP contribution in [0.25, 0.3) is 11.3 Å². The Bertz CT molecular complexity index is 1330. The molecule has 1 amide bonds. The minimum atomic E-state index is -3.24. The van der Waals surface area contributed by atoms with Crippen molar-refractivity contribution in [1.29, 1.82) is 4.78 Å². The molecule has 2 aliphatic heterocycles. The van der Waals surface area contributed by atoms with Crippen LogP contribution >= 0.6 is 0 Å².